The third kappa shape index (κ3) is 11.1. The Morgan fingerprint density at radius 1 is 0.735 bits per heavy atom. The summed E-state index contributed by atoms with van der Waals surface area (Å²) in [4.78, 5) is 51.0. The summed E-state index contributed by atoms with van der Waals surface area (Å²) in [5.74, 6) is -0.234. The minimum absolute atomic E-state index is 0.191. The Kier molecular flexibility index (Phi) is 13.5. The number of carbonyl (C=O) groups is 4. The maximum atomic E-state index is 13.1. The molecule has 0 radical (unpaired) electrons. The van der Waals surface area contributed by atoms with Crippen molar-refractivity contribution in [2.24, 2.45) is 0 Å². The van der Waals surface area contributed by atoms with Gasteiger partial charge in [0, 0.05) is 16.8 Å². The van der Waals surface area contributed by atoms with Crippen LogP contribution >= 0.6 is 0 Å². The Bertz CT molecular complexity index is 1730. The molecule has 0 spiro atoms. The molecule has 0 saturated carbocycles. The quantitative estimate of drug-likeness (QED) is 0.0673. The summed E-state index contributed by atoms with van der Waals surface area (Å²) >= 11 is 0. The highest BCUT2D eigenvalue weighted by atomic mass is 16.6. The zero-order valence-corrected chi connectivity index (χ0v) is 28.5. The molecule has 1 atom stereocenters. The highest BCUT2D eigenvalue weighted by Gasteiger charge is 2.21. The number of amides is 2. The molecule has 0 saturated heterocycles. The molecule has 0 fully saturated rings. The van der Waals surface area contributed by atoms with Crippen molar-refractivity contribution in [3.8, 4) is 17.2 Å². The first-order valence-corrected chi connectivity index (χ1v) is 16.6. The normalized spacial score (nSPS) is 11.3. The van der Waals surface area contributed by atoms with Gasteiger partial charge in [0.1, 0.15) is 5.75 Å². The summed E-state index contributed by atoms with van der Waals surface area (Å²) in [5, 5.41) is 5.62. The van der Waals surface area contributed by atoms with E-state index in [1.165, 1.54) is 33.3 Å². The Balaban J connectivity index is 1.32. The van der Waals surface area contributed by atoms with Crippen LogP contribution in [0.1, 0.15) is 88.2 Å². The molecule has 2 amide bonds. The van der Waals surface area contributed by atoms with Gasteiger partial charge in [-0.05, 0) is 105 Å². The van der Waals surface area contributed by atoms with E-state index in [1.54, 1.807) is 78.9 Å². The molecule has 1 unspecified atom stereocenters. The van der Waals surface area contributed by atoms with E-state index in [9.17, 15) is 19.2 Å². The lowest BCUT2D eigenvalue weighted by molar-refractivity contribution is -0.118. The summed E-state index contributed by atoms with van der Waals surface area (Å²) in [6, 6.07) is 24.7. The highest BCUT2D eigenvalue weighted by Crippen LogP contribution is 2.30. The minimum atomic E-state index is -0.816. The first kappa shape index (κ1) is 36.4. The molecule has 4 aromatic rings. The van der Waals surface area contributed by atoms with E-state index in [0.717, 1.165) is 18.4 Å². The van der Waals surface area contributed by atoms with Crippen LogP contribution < -0.4 is 24.8 Å². The molecule has 0 aliphatic heterocycles. The molecule has 4 aromatic carbocycles. The predicted octanol–water partition coefficient (Wildman–Crippen LogP) is 7.75. The number of hydrogen-bond donors (Lipinski definition) is 2. The highest BCUT2D eigenvalue weighted by molar-refractivity contribution is 6.05. The molecule has 0 aliphatic rings. The molecule has 9 nitrogen and oxygen atoms in total. The lowest BCUT2D eigenvalue weighted by Gasteiger charge is -2.17. The van der Waals surface area contributed by atoms with E-state index in [1.807, 2.05) is 19.1 Å². The van der Waals surface area contributed by atoms with Crippen molar-refractivity contribution in [2.75, 3.05) is 19.0 Å². The number of rotatable bonds is 17. The van der Waals surface area contributed by atoms with Crippen LogP contribution in [-0.2, 0) is 11.2 Å². The van der Waals surface area contributed by atoms with E-state index in [2.05, 4.69) is 17.6 Å². The fourth-order valence-electron chi connectivity index (χ4n) is 5.13. The zero-order valence-electron chi connectivity index (χ0n) is 28.5. The molecule has 0 aliphatic carbocycles. The maximum Gasteiger partial charge on any atom is 0.343 e. The van der Waals surface area contributed by atoms with Crippen molar-refractivity contribution < 1.29 is 33.4 Å². The number of anilines is 1. The number of ketones is 1. The topological polar surface area (TPSA) is 120 Å². The predicted molar refractivity (Wildman–Crippen MR) is 190 cm³/mol. The van der Waals surface area contributed by atoms with Gasteiger partial charge in [-0.1, -0.05) is 56.4 Å². The van der Waals surface area contributed by atoms with Crippen LogP contribution in [0.3, 0.4) is 0 Å². The van der Waals surface area contributed by atoms with E-state index >= 15 is 0 Å². The fourth-order valence-corrected chi connectivity index (χ4v) is 5.13. The fraction of sp³-hybridized carbons (Fsp3) is 0.300. The number of aryl methyl sites for hydroxylation is 1. The number of methoxy groups -OCH3 is 1. The van der Waals surface area contributed by atoms with Crippen LogP contribution in [0.4, 0.5) is 5.69 Å². The van der Waals surface area contributed by atoms with Gasteiger partial charge in [-0.15, -0.1) is 0 Å². The van der Waals surface area contributed by atoms with Crippen LogP contribution in [0.2, 0.25) is 0 Å². The summed E-state index contributed by atoms with van der Waals surface area (Å²) in [6.45, 7) is 6.14. The van der Waals surface area contributed by atoms with E-state index < -0.39 is 17.9 Å². The third-order valence-corrected chi connectivity index (χ3v) is 7.96. The maximum absolute atomic E-state index is 13.1. The van der Waals surface area contributed by atoms with Crippen LogP contribution in [0.25, 0.3) is 0 Å². The molecule has 2 N–H and O–H groups in total. The zero-order chi connectivity index (χ0) is 35.2. The van der Waals surface area contributed by atoms with Crippen molar-refractivity contribution in [3.05, 3.63) is 119 Å². The Morgan fingerprint density at radius 3 is 2.12 bits per heavy atom. The number of nitrogens with one attached hydrogen (secondary N) is 2. The average molecular weight is 665 g/mol. The number of hydrogen-bond acceptors (Lipinski definition) is 7. The summed E-state index contributed by atoms with van der Waals surface area (Å²) in [7, 11) is 1.46. The second kappa shape index (κ2) is 18.2. The largest absolute Gasteiger partial charge is 0.494 e. The lowest BCUT2D eigenvalue weighted by Crippen LogP contribution is -2.41. The van der Waals surface area contributed by atoms with Crippen molar-refractivity contribution in [3.63, 3.8) is 0 Å². The summed E-state index contributed by atoms with van der Waals surface area (Å²) in [5.41, 5.74) is 3.44. The number of Topliss-reactive ketones (excluding diaryl/α,β-unsaturated/α-hetero) is 1. The van der Waals surface area contributed by atoms with Crippen molar-refractivity contribution >= 4 is 29.3 Å². The molecule has 4 rings (SSSR count). The van der Waals surface area contributed by atoms with Gasteiger partial charge < -0.3 is 24.8 Å². The van der Waals surface area contributed by atoms with Crippen LogP contribution in [0.5, 0.6) is 17.2 Å². The second-order valence-corrected chi connectivity index (χ2v) is 11.9. The van der Waals surface area contributed by atoms with Gasteiger partial charge in [-0.2, -0.15) is 0 Å². The smallest absolute Gasteiger partial charge is 0.343 e. The molecule has 256 valence electrons. The number of esters is 1. The molecule has 0 bridgehead atoms. The van der Waals surface area contributed by atoms with E-state index in [4.69, 9.17) is 14.2 Å². The minimum Gasteiger partial charge on any atom is -0.494 e. The summed E-state index contributed by atoms with van der Waals surface area (Å²) < 4.78 is 16.9. The van der Waals surface area contributed by atoms with Gasteiger partial charge >= 0.3 is 5.97 Å². The van der Waals surface area contributed by atoms with Gasteiger partial charge in [0.2, 0.25) is 0 Å². The number of carbonyl (C=O) groups excluding carboxylic acids is 4. The van der Waals surface area contributed by atoms with Gasteiger partial charge in [0.25, 0.3) is 11.8 Å². The van der Waals surface area contributed by atoms with E-state index in [0.29, 0.717) is 46.0 Å². The average Bonchev–Trinajstić information content (AvgIpc) is 3.10. The van der Waals surface area contributed by atoms with Crippen molar-refractivity contribution in [2.45, 2.75) is 65.3 Å². The molecule has 0 aromatic heterocycles. The van der Waals surface area contributed by atoms with Gasteiger partial charge in [0.15, 0.2) is 17.3 Å². The van der Waals surface area contributed by atoms with Crippen LogP contribution in [0, 0.1) is 6.92 Å². The van der Waals surface area contributed by atoms with Gasteiger partial charge in [0.05, 0.1) is 25.3 Å². The monoisotopic (exact) mass is 664 g/mol. The van der Waals surface area contributed by atoms with E-state index in [-0.39, 0.29) is 23.9 Å². The van der Waals surface area contributed by atoms with Crippen molar-refractivity contribution in [1.82, 2.24) is 5.32 Å². The standard InChI is InChI=1S/C40H44N2O7/c1-5-6-7-8-9-23-48-34-20-16-31(17-21-34)40(46)49-36-22-13-29(26-37(36)47-4)25-35(28(3)43)42-38(44)30-14-18-33(19-15-30)41-39(45)32-12-10-11-27(2)24-32/h10-22,24,26,35H,5-9,23,25H2,1-4H3,(H,41,45)(H,42,44). The summed E-state index contributed by atoms with van der Waals surface area (Å²) in [6.07, 6.45) is 5.96. The van der Waals surface area contributed by atoms with Crippen molar-refractivity contribution in [1.29, 1.82) is 0 Å². The SMILES string of the molecule is CCCCCCCOc1ccc(C(=O)Oc2ccc(CC(NC(=O)c3ccc(NC(=O)c4cccc(C)c4)cc3)C(C)=O)cc2OC)cc1. The Labute approximate surface area is 288 Å². The third-order valence-electron chi connectivity index (χ3n) is 7.96. The number of benzene rings is 4. The number of ether oxygens (including phenoxy) is 3. The number of unbranched alkanes of at least 4 members (excludes halogenated alkanes) is 4. The molecule has 49 heavy (non-hydrogen) atoms. The first-order valence-electron chi connectivity index (χ1n) is 16.6. The molecule has 0 heterocycles. The Morgan fingerprint density at radius 2 is 1.45 bits per heavy atom. The van der Waals surface area contributed by atoms with Crippen LogP contribution in [-0.4, -0.2) is 43.3 Å². The molecular weight excluding hydrogens is 620 g/mol. The van der Waals surface area contributed by atoms with Gasteiger partial charge in [-0.25, -0.2) is 4.79 Å². The second-order valence-electron chi connectivity index (χ2n) is 11.9. The molecular formula is C40H44N2O7. The Hall–Kier alpha value is -5.44. The van der Waals surface area contributed by atoms with Crippen LogP contribution in [0.15, 0.2) is 91.0 Å². The first-order chi connectivity index (χ1) is 23.7. The lowest BCUT2D eigenvalue weighted by atomic mass is 10.0. The van der Waals surface area contributed by atoms with Gasteiger partial charge in [-0.3, -0.25) is 14.4 Å². The molecule has 9 heteroatoms.